The van der Waals surface area contributed by atoms with Gasteiger partial charge in [-0.25, -0.2) is 0 Å². The third-order valence-electron chi connectivity index (χ3n) is 7.66. The van der Waals surface area contributed by atoms with Gasteiger partial charge in [0.2, 0.25) is 0 Å². The van der Waals surface area contributed by atoms with Gasteiger partial charge in [-0.2, -0.15) is 0 Å². The van der Waals surface area contributed by atoms with E-state index in [4.69, 9.17) is 7.49 Å². The Morgan fingerprint density at radius 3 is 2.78 bits per heavy atom. The van der Waals surface area contributed by atoms with Crippen LogP contribution in [0.15, 0.2) is 41.1 Å². The normalized spacial score (nSPS) is 48.3. The predicted octanol–water partition coefficient (Wildman–Crippen LogP) is 4.37. The van der Waals surface area contributed by atoms with Crippen LogP contribution in [-0.2, 0) is 0 Å². The van der Waals surface area contributed by atoms with Crippen molar-refractivity contribution in [3.8, 4) is 0 Å². The summed E-state index contributed by atoms with van der Waals surface area (Å²) in [5, 5.41) is 3.49. The topological polar surface area (TPSA) is 29.4 Å². The summed E-state index contributed by atoms with van der Waals surface area (Å²) < 4.78 is 0. The summed E-state index contributed by atoms with van der Waals surface area (Å²) in [6, 6.07) is 0.0114. The van der Waals surface area contributed by atoms with Crippen molar-refractivity contribution in [3.63, 3.8) is 0 Å². The zero-order valence-electron chi connectivity index (χ0n) is 14.2. The Balaban J connectivity index is 1.75. The Morgan fingerprint density at radius 1 is 1.26 bits per heavy atom. The Labute approximate surface area is 140 Å². The monoisotopic (exact) mass is 306 g/mol. The molecule has 3 heteroatoms. The molecule has 2 nitrogen and oxygen atoms in total. The molecule has 119 valence electrons. The van der Waals surface area contributed by atoms with Crippen LogP contribution in [0.25, 0.3) is 0 Å². The van der Waals surface area contributed by atoms with Gasteiger partial charge in [-0.1, -0.05) is 0 Å². The molecule has 1 radical (unpaired) electrons. The zero-order chi connectivity index (χ0) is 16.4. The summed E-state index contributed by atoms with van der Waals surface area (Å²) in [7, 11) is 6.04. The van der Waals surface area contributed by atoms with E-state index in [0.29, 0.717) is 17.8 Å². The average molecular weight is 306 g/mol. The molecule has 0 N–H and O–H groups in total. The maximum atomic E-state index is 11.3. The standard InChI is InChI=1S/C20H25BNO/c1-12-10-14-15-4-5-18(22-23)20(15,3)9-7-16(14)19(2)8-6-13(21)11-17(12)19/h6,8,11,14-16,18H,1,4-5,7,9-10H2,2-3H3/t14?,15?,16?,18-,19+,20-/m0/s1. The van der Waals surface area contributed by atoms with Gasteiger partial charge in [0.1, 0.15) is 0 Å². The van der Waals surface area contributed by atoms with Gasteiger partial charge in [-0.3, -0.25) is 0 Å². The molecular formula is C20H25BNO. The van der Waals surface area contributed by atoms with Gasteiger partial charge in [-0.15, -0.1) is 0 Å². The Morgan fingerprint density at radius 2 is 2.04 bits per heavy atom. The SMILES string of the molecule is [B]=C1C=C[C@@]2(C)C(=C1)C(=C)CC1C2CC[C@@]2(C)C1CC[C@@H]2N=O. The van der Waals surface area contributed by atoms with E-state index in [1.165, 1.54) is 17.6 Å². The molecule has 4 aliphatic rings. The van der Waals surface area contributed by atoms with E-state index < -0.39 is 0 Å². The first kappa shape index (κ1) is 15.3. The molecule has 0 heterocycles. The quantitative estimate of drug-likeness (QED) is 0.522. The first-order valence-electron chi connectivity index (χ1n) is 8.94. The van der Waals surface area contributed by atoms with Crippen LogP contribution in [0.5, 0.6) is 0 Å². The van der Waals surface area contributed by atoms with Gasteiger partial charge in [0.15, 0.2) is 0 Å². The molecule has 3 saturated carbocycles. The van der Waals surface area contributed by atoms with Crippen LogP contribution in [0, 0.1) is 33.5 Å². The molecule has 3 unspecified atom stereocenters. The molecule has 0 bridgehead atoms. The van der Waals surface area contributed by atoms with E-state index in [0.717, 1.165) is 31.1 Å². The first-order chi connectivity index (χ1) is 10.9. The average Bonchev–Trinajstić information content (AvgIpc) is 2.86. The Hall–Kier alpha value is -1.25. The number of hydrogen-bond acceptors (Lipinski definition) is 2. The van der Waals surface area contributed by atoms with Crippen LogP contribution in [0.1, 0.15) is 46.0 Å². The fourth-order valence-electron chi connectivity index (χ4n) is 6.39. The molecule has 0 amide bonds. The third-order valence-corrected chi connectivity index (χ3v) is 7.66. The summed E-state index contributed by atoms with van der Waals surface area (Å²) in [6.07, 6.45) is 12.0. The molecule has 4 rings (SSSR count). The van der Waals surface area contributed by atoms with E-state index in [1.54, 1.807) is 0 Å². The van der Waals surface area contributed by atoms with Crippen LogP contribution in [0.2, 0.25) is 0 Å². The molecular weight excluding hydrogens is 281 g/mol. The summed E-state index contributed by atoms with van der Waals surface area (Å²) in [5.74, 6) is 1.86. The molecule has 0 saturated heterocycles. The molecule has 0 aromatic carbocycles. The van der Waals surface area contributed by atoms with Crippen molar-refractivity contribution in [1.82, 2.24) is 0 Å². The van der Waals surface area contributed by atoms with Crippen molar-refractivity contribution < 1.29 is 0 Å². The van der Waals surface area contributed by atoms with E-state index in [2.05, 4.69) is 43.8 Å². The number of allylic oxidation sites excluding steroid dienone is 5. The fourth-order valence-corrected chi connectivity index (χ4v) is 6.39. The summed E-state index contributed by atoms with van der Waals surface area (Å²) >= 11 is 0. The summed E-state index contributed by atoms with van der Waals surface area (Å²) in [4.78, 5) is 11.3. The van der Waals surface area contributed by atoms with E-state index in [-0.39, 0.29) is 16.9 Å². The molecule has 0 spiro atoms. The minimum atomic E-state index is 0.0114. The molecule has 0 aromatic rings. The second-order valence-electron chi connectivity index (χ2n) is 8.60. The second-order valence-corrected chi connectivity index (χ2v) is 8.60. The molecule has 0 aliphatic heterocycles. The predicted molar refractivity (Wildman–Crippen MR) is 96.5 cm³/mol. The zero-order valence-corrected chi connectivity index (χ0v) is 14.2. The number of nitrogens with zero attached hydrogens (tertiary/aromatic N) is 1. The van der Waals surface area contributed by atoms with Crippen LogP contribution < -0.4 is 0 Å². The summed E-state index contributed by atoms with van der Waals surface area (Å²) in [6.45, 7) is 9.06. The Kier molecular flexibility index (Phi) is 3.24. The number of fused-ring (bicyclic) bond motifs is 5. The third kappa shape index (κ3) is 1.91. The van der Waals surface area contributed by atoms with E-state index in [1.807, 2.05) is 0 Å². The first-order valence-corrected chi connectivity index (χ1v) is 8.94. The van der Waals surface area contributed by atoms with Crippen LogP contribution in [0.4, 0.5) is 0 Å². The number of rotatable bonds is 1. The fraction of sp³-hybridized carbons (Fsp3) is 0.650. The van der Waals surface area contributed by atoms with Gasteiger partial charge >= 0.3 is 140 Å². The second kappa shape index (κ2) is 4.88. The van der Waals surface area contributed by atoms with Crippen LogP contribution in [0.3, 0.4) is 0 Å². The Bertz CT molecular complexity index is 663. The van der Waals surface area contributed by atoms with Crippen LogP contribution >= 0.6 is 0 Å². The van der Waals surface area contributed by atoms with Crippen molar-refractivity contribution in [1.29, 1.82) is 0 Å². The molecule has 4 aliphatic carbocycles. The van der Waals surface area contributed by atoms with Gasteiger partial charge in [-0.05, 0) is 0 Å². The number of hydrogen-bond donors (Lipinski definition) is 0. The number of nitroso groups, excluding NO2 is 1. The molecule has 3 fully saturated rings. The molecule has 6 atom stereocenters. The minimum absolute atomic E-state index is 0.0114. The van der Waals surface area contributed by atoms with E-state index >= 15 is 0 Å². The van der Waals surface area contributed by atoms with Crippen molar-refractivity contribution in [3.05, 3.63) is 40.9 Å². The van der Waals surface area contributed by atoms with Gasteiger partial charge < -0.3 is 0 Å². The van der Waals surface area contributed by atoms with Gasteiger partial charge in [0.05, 0.1) is 0 Å². The van der Waals surface area contributed by atoms with E-state index in [9.17, 15) is 4.91 Å². The summed E-state index contributed by atoms with van der Waals surface area (Å²) in [5.41, 5.74) is 3.57. The van der Waals surface area contributed by atoms with Crippen LogP contribution in [-0.4, -0.2) is 19.0 Å². The molecule has 23 heavy (non-hydrogen) atoms. The van der Waals surface area contributed by atoms with Crippen molar-refractivity contribution >= 4 is 13.0 Å². The van der Waals surface area contributed by atoms with Crippen molar-refractivity contribution in [2.75, 3.05) is 0 Å². The van der Waals surface area contributed by atoms with Crippen molar-refractivity contribution in [2.45, 2.75) is 52.0 Å². The van der Waals surface area contributed by atoms with Crippen molar-refractivity contribution in [2.24, 2.45) is 33.8 Å². The van der Waals surface area contributed by atoms with Gasteiger partial charge in [0.25, 0.3) is 0 Å². The molecule has 0 aromatic heterocycles. The van der Waals surface area contributed by atoms with Gasteiger partial charge in [0, 0.05) is 0 Å². The maximum absolute atomic E-state index is 11.3.